The Kier molecular flexibility index (Phi) is 4.27. The molecule has 0 unspecified atom stereocenters. The fourth-order valence-corrected chi connectivity index (χ4v) is 3.05. The van der Waals surface area contributed by atoms with Crippen molar-refractivity contribution < 1.29 is 4.79 Å². The van der Waals surface area contributed by atoms with Crippen LogP contribution in [-0.2, 0) is 13.0 Å². The number of amides is 2. The van der Waals surface area contributed by atoms with E-state index in [2.05, 4.69) is 24.4 Å². The van der Waals surface area contributed by atoms with Crippen LogP contribution in [0.1, 0.15) is 16.7 Å². The fraction of sp³-hybridized carbons (Fsp3) is 0.235. The van der Waals surface area contributed by atoms with Crippen LogP contribution in [0.25, 0.3) is 0 Å². The summed E-state index contributed by atoms with van der Waals surface area (Å²) in [5.41, 5.74) is 4.52. The lowest BCUT2D eigenvalue weighted by atomic mass is 9.95. The molecule has 2 amide bonds. The summed E-state index contributed by atoms with van der Waals surface area (Å²) in [6, 6.07) is 11.2. The van der Waals surface area contributed by atoms with E-state index in [-0.39, 0.29) is 6.03 Å². The second kappa shape index (κ2) is 6.19. The van der Waals surface area contributed by atoms with Crippen molar-refractivity contribution in [2.24, 2.45) is 0 Å². The van der Waals surface area contributed by atoms with E-state index in [1.807, 2.05) is 11.0 Å². The third-order valence-electron chi connectivity index (χ3n) is 3.96. The Bertz CT molecular complexity index is 731. The molecule has 0 radical (unpaired) electrons. The molecule has 0 saturated heterocycles. The Hall–Kier alpha value is -1.71. The highest BCUT2D eigenvalue weighted by Gasteiger charge is 2.21. The predicted molar refractivity (Wildman–Crippen MR) is 90.8 cm³/mol. The molecule has 0 atom stereocenters. The number of hydrogen-bond donors (Lipinski definition) is 1. The van der Waals surface area contributed by atoms with Crippen LogP contribution in [-0.4, -0.2) is 17.5 Å². The zero-order valence-electron chi connectivity index (χ0n) is 12.2. The molecule has 2 aromatic rings. The van der Waals surface area contributed by atoms with Crippen LogP contribution in [0.4, 0.5) is 10.5 Å². The quantitative estimate of drug-likeness (QED) is 0.790. The highest BCUT2D eigenvalue weighted by molar-refractivity contribution is 6.42. The first-order chi connectivity index (χ1) is 10.5. The van der Waals surface area contributed by atoms with Crippen molar-refractivity contribution in [3.63, 3.8) is 0 Å². The molecule has 22 heavy (non-hydrogen) atoms. The maximum absolute atomic E-state index is 12.4. The van der Waals surface area contributed by atoms with E-state index in [0.717, 1.165) is 6.42 Å². The molecular weight excluding hydrogens is 319 g/mol. The summed E-state index contributed by atoms with van der Waals surface area (Å²) in [6.07, 6.45) is 0.886. The van der Waals surface area contributed by atoms with Gasteiger partial charge in [-0.3, -0.25) is 0 Å². The highest BCUT2D eigenvalue weighted by atomic mass is 35.5. The lowest BCUT2D eigenvalue weighted by Gasteiger charge is -2.30. The number of aryl methyl sites for hydroxylation is 1. The molecule has 0 spiro atoms. The number of anilines is 1. The van der Waals surface area contributed by atoms with Gasteiger partial charge < -0.3 is 10.2 Å². The fourth-order valence-electron chi connectivity index (χ4n) is 2.75. The lowest BCUT2D eigenvalue weighted by molar-refractivity contribution is 0.206. The van der Waals surface area contributed by atoms with Crippen LogP contribution in [0.15, 0.2) is 36.4 Å². The van der Waals surface area contributed by atoms with Crippen LogP contribution in [0.3, 0.4) is 0 Å². The second-order valence-corrected chi connectivity index (χ2v) is 6.26. The first-order valence-corrected chi connectivity index (χ1v) is 7.88. The van der Waals surface area contributed by atoms with Gasteiger partial charge in [-0.1, -0.05) is 41.4 Å². The van der Waals surface area contributed by atoms with Gasteiger partial charge in [0.1, 0.15) is 0 Å². The molecule has 1 heterocycles. The first kappa shape index (κ1) is 15.2. The predicted octanol–water partition coefficient (Wildman–Crippen LogP) is 4.89. The Morgan fingerprint density at radius 3 is 2.77 bits per heavy atom. The van der Waals surface area contributed by atoms with E-state index >= 15 is 0 Å². The van der Waals surface area contributed by atoms with Crippen molar-refractivity contribution in [2.45, 2.75) is 19.9 Å². The van der Waals surface area contributed by atoms with Crippen molar-refractivity contribution in [1.29, 1.82) is 0 Å². The van der Waals surface area contributed by atoms with Crippen LogP contribution < -0.4 is 5.32 Å². The van der Waals surface area contributed by atoms with Crippen molar-refractivity contribution in [1.82, 2.24) is 4.90 Å². The van der Waals surface area contributed by atoms with Crippen LogP contribution >= 0.6 is 23.2 Å². The Morgan fingerprint density at radius 1 is 1.18 bits per heavy atom. The normalized spacial score (nSPS) is 13.7. The molecule has 114 valence electrons. The number of carbonyl (C=O) groups excluding carboxylic acids is 1. The number of nitrogens with zero attached hydrogens (tertiary/aromatic N) is 1. The summed E-state index contributed by atoms with van der Waals surface area (Å²) in [7, 11) is 0. The Labute approximate surface area is 139 Å². The Morgan fingerprint density at radius 2 is 2.00 bits per heavy atom. The van der Waals surface area contributed by atoms with E-state index < -0.39 is 0 Å². The summed E-state index contributed by atoms with van der Waals surface area (Å²) >= 11 is 11.9. The third-order valence-corrected chi connectivity index (χ3v) is 4.70. The van der Waals surface area contributed by atoms with E-state index in [4.69, 9.17) is 23.2 Å². The summed E-state index contributed by atoms with van der Waals surface area (Å²) in [5, 5.41) is 3.77. The minimum atomic E-state index is -0.120. The smallest absolute Gasteiger partial charge is 0.320 e. The first-order valence-electron chi connectivity index (χ1n) is 7.13. The summed E-state index contributed by atoms with van der Waals surface area (Å²) in [6.45, 7) is 3.46. The average Bonchev–Trinajstić information content (AvgIpc) is 2.51. The molecule has 1 N–H and O–H groups in total. The molecule has 0 fully saturated rings. The number of benzene rings is 2. The molecular formula is C17H16Cl2N2O. The number of rotatable bonds is 1. The summed E-state index contributed by atoms with van der Waals surface area (Å²) < 4.78 is 0. The third kappa shape index (κ3) is 3.06. The van der Waals surface area contributed by atoms with Crippen molar-refractivity contribution in [3.05, 3.63) is 63.1 Å². The average molecular weight is 335 g/mol. The van der Waals surface area contributed by atoms with Gasteiger partial charge in [0.15, 0.2) is 0 Å². The van der Waals surface area contributed by atoms with Crippen molar-refractivity contribution in [2.75, 3.05) is 11.9 Å². The topological polar surface area (TPSA) is 32.3 Å². The van der Waals surface area contributed by atoms with Crippen LogP contribution in [0.5, 0.6) is 0 Å². The maximum atomic E-state index is 12.4. The number of urea groups is 1. The second-order valence-electron chi connectivity index (χ2n) is 5.44. The monoisotopic (exact) mass is 334 g/mol. The molecule has 2 aromatic carbocycles. The van der Waals surface area contributed by atoms with Crippen LogP contribution in [0, 0.1) is 6.92 Å². The maximum Gasteiger partial charge on any atom is 0.322 e. The highest BCUT2D eigenvalue weighted by Crippen LogP contribution is 2.26. The molecule has 0 saturated carbocycles. The molecule has 0 aliphatic carbocycles. The SMILES string of the molecule is Cc1cccc2c1CCN(C(=O)Nc1ccc(Cl)c(Cl)c1)C2. The van der Waals surface area contributed by atoms with E-state index in [0.29, 0.717) is 28.8 Å². The molecule has 0 aromatic heterocycles. The standard InChI is InChI=1S/C17H16Cl2N2O/c1-11-3-2-4-12-10-21(8-7-14(11)12)17(22)20-13-5-6-15(18)16(19)9-13/h2-6,9H,7-8,10H2,1H3,(H,20,22). The van der Waals surface area contributed by atoms with E-state index in [1.54, 1.807) is 18.2 Å². The minimum Gasteiger partial charge on any atom is -0.320 e. The molecule has 1 aliphatic heterocycles. The van der Waals surface area contributed by atoms with Gasteiger partial charge in [-0.25, -0.2) is 4.79 Å². The molecule has 0 bridgehead atoms. The summed E-state index contributed by atoms with van der Waals surface area (Å²) in [5.74, 6) is 0. The van der Waals surface area contributed by atoms with Gasteiger partial charge >= 0.3 is 6.03 Å². The van der Waals surface area contributed by atoms with Gasteiger partial charge in [-0.15, -0.1) is 0 Å². The number of halogens is 2. The van der Waals surface area contributed by atoms with Gasteiger partial charge in [0.05, 0.1) is 10.0 Å². The van der Waals surface area contributed by atoms with E-state index in [1.165, 1.54) is 16.7 Å². The van der Waals surface area contributed by atoms with Crippen molar-refractivity contribution in [3.8, 4) is 0 Å². The molecule has 3 nitrogen and oxygen atoms in total. The molecule has 5 heteroatoms. The van der Waals surface area contributed by atoms with Gasteiger partial charge in [0.2, 0.25) is 0 Å². The van der Waals surface area contributed by atoms with Gasteiger partial charge in [-0.2, -0.15) is 0 Å². The lowest BCUT2D eigenvalue weighted by Crippen LogP contribution is -2.39. The van der Waals surface area contributed by atoms with Gasteiger partial charge in [-0.05, 0) is 48.2 Å². The zero-order valence-corrected chi connectivity index (χ0v) is 13.7. The van der Waals surface area contributed by atoms with Crippen LogP contribution in [0.2, 0.25) is 10.0 Å². The number of hydrogen-bond acceptors (Lipinski definition) is 1. The van der Waals surface area contributed by atoms with E-state index in [9.17, 15) is 4.79 Å². The summed E-state index contributed by atoms with van der Waals surface area (Å²) in [4.78, 5) is 14.2. The number of nitrogens with one attached hydrogen (secondary N) is 1. The van der Waals surface area contributed by atoms with Crippen molar-refractivity contribution >= 4 is 34.9 Å². The van der Waals surface area contributed by atoms with Gasteiger partial charge in [0, 0.05) is 18.8 Å². The largest absolute Gasteiger partial charge is 0.322 e. The number of fused-ring (bicyclic) bond motifs is 1. The minimum absolute atomic E-state index is 0.120. The van der Waals surface area contributed by atoms with Gasteiger partial charge in [0.25, 0.3) is 0 Å². The molecule has 3 rings (SSSR count). The Balaban J connectivity index is 1.72. The zero-order chi connectivity index (χ0) is 15.7. The molecule has 1 aliphatic rings. The number of carbonyl (C=O) groups is 1.